The van der Waals surface area contributed by atoms with E-state index < -0.39 is 9.84 Å². The maximum atomic E-state index is 11.4. The SMILES string of the molecule is CN=C(NCCNC(C)(C)C)NCCc1ccc(S(C)(=O)=O)cc1. The van der Waals surface area contributed by atoms with Crippen molar-refractivity contribution in [2.75, 3.05) is 32.9 Å². The molecule has 3 N–H and O–H groups in total. The molecule has 1 rings (SSSR count). The Kier molecular flexibility index (Phi) is 7.69. The summed E-state index contributed by atoms with van der Waals surface area (Å²) >= 11 is 0. The summed E-state index contributed by atoms with van der Waals surface area (Å²) in [5.74, 6) is 0.762. The Morgan fingerprint density at radius 3 is 2.12 bits per heavy atom. The molecular weight excluding hydrogens is 324 g/mol. The largest absolute Gasteiger partial charge is 0.356 e. The first-order chi connectivity index (χ1) is 11.1. The van der Waals surface area contributed by atoms with Crippen molar-refractivity contribution in [3.63, 3.8) is 0 Å². The first kappa shape index (κ1) is 20.4. The summed E-state index contributed by atoms with van der Waals surface area (Å²) in [4.78, 5) is 4.54. The third kappa shape index (κ3) is 8.31. The van der Waals surface area contributed by atoms with E-state index in [0.29, 0.717) is 4.90 Å². The van der Waals surface area contributed by atoms with Crippen LogP contribution in [0.25, 0.3) is 0 Å². The Bertz CT molecular complexity index is 632. The first-order valence-corrected chi connectivity index (χ1v) is 9.99. The lowest BCUT2D eigenvalue weighted by molar-refractivity contribution is 0.428. The second-order valence-electron chi connectivity index (χ2n) is 6.77. The van der Waals surface area contributed by atoms with Crippen molar-refractivity contribution >= 4 is 15.8 Å². The van der Waals surface area contributed by atoms with Crippen LogP contribution in [0, 0.1) is 0 Å². The molecule has 0 atom stereocenters. The number of aliphatic imine (C=N–C) groups is 1. The van der Waals surface area contributed by atoms with Crippen molar-refractivity contribution in [3.05, 3.63) is 29.8 Å². The summed E-state index contributed by atoms with van der Waals surface area (Å²) in [5.41, 5.74) is 1.19. The number of nitrogens with one attached hydrogen (secondary N) is 3. The monoisotopic (exact) mass is 354 g/mol. The van der Waals surface area contributed by atoms with E-state index in [4.69, 9.17) is 0 Å². The van der Waals surface area contributed by atoms with Crippen molar-refractivity contribution < 1.29 is 8.42 Å². The zero-order valence-electron chi connectivity index (χ0n) is 15.3. The molecule has 0 aliphatic rings. The molecule has 0 unspecified atom stereocenters. The summed E-state index contributed by atoms with van der Waals surface area (Å²) < 4.78 is 22.9. The molecule has 0 aliphatic carbocycles. The third-order valence-corrected chi connectivity index (χ3v) is 4.48. The van der Waals surface area contributed by atoms with Crippen LogP contribution >= 0.6 is 0 Å². The van der Waals surface area contributed by atoms with Crippen LogP contribution in [0.5, 0.6) is 0 Å². The number of guanidine groups is 1. The van der Waals surface area contributed by atoms with Crippen LogP contribution in [0.2, 0.25) is 0 Å². The van der Waals surface area contributed by atoms with E-state index in [1.54, 1.807) is 19.2 Å². The maximum absolute atomic E-state index is 11.4. The van der Waals surface area contributed by atoms with Gasteiger partial charge in [0, 0.05) is 38.5 Å². The number of hydrogen-bond acceptors (Lipinski definition) is 4. The summed E-state index contributed by atoms with van der Waals surface area (Å²) in [6.45, 7) is 8.78. The van der Waals surface area contributed by atoms with Gasteiger partial charge in [-0.3, -0.25) is 4.99 Å². The van der Waals surface area contributed by atoms with Gasteiger partial charge in [-0.15, -0.1) is 0 Å². The molecule has 1 aromatic carbocycles. The quantitative estimate of drug-likeness (QED) is 0.389. The molecule has 136 valence electrons. The molecule has 24 heavy (non-hydrogen) atoms. The highest BCUT2D eigenvalue weighted by Crippen LogP contribution is 2.10. The molecule has 0 radical (unpaired) electrons. The Hall–Kier alpha value is -1.60. The molecule has 1 aromatic rings. The van der Waals surface area contributed by atoms with Crippen molar-refractivity contribution in [2.24, 2.45) is 4.99 Å². The second-order valence-corrected chi connectivity index (χ2v) is 8.78. The number of nitrogens with zero attached hydrogens (tertiary/aromatic N) is 1. The van der Waals surface area contributed by atoms with E-state index in [2.05, 4.69) is 41.7 Å². The maximum Gasteiger partial charge on any atom is 0.191 e. The van der Waals surface area contributed by atoms with Gasteiger partial charge in [-0.1, -0.05) is 12.1 Å². The molecule has 0 saturated heterocycles. The molecule has 0 aliphatic heterocycles. The van der Waals surface area contributed by atoms with Gasteiger partial charge in [0.15, 0.2) is 15.8 Å². The highest BCUT2D eigenvalue weighted by Gasteiger charge is 2.08. The zero-order valence-corrected chi connectivity index (χ0v) is 16.1. The average Bonchev–Trinajstić information content (AvgIpc) is 2.48. The van der Waals surface area contributed by atoms with Crippen molar-refractivity contribution in [1.29, 1.82) is 0 Å². The molecule has 0 amide bonds. The minimum Gasteiger partial charge on any atom is -0.356 e. The van der Waals surface area contributed by atoms with Gasteiger partial charge in [0.2, 0.25) is 0 Å². The highest BCUT2D eigenvalue weighted by atomic mass is 32.2. The molecule has 0 spiro atoms. The van der Waals surface area contributed by atoms with Crippen LogP contribution in [0.4, 0.5) is 0 Å². The van der Waals surface area contributed by atoms with Gasteiger partial charge >= 0.3 is 0 Å². The summed E-state index contributed by atoms with van der Waals surface area (Å²) in [7, 11) is -1.39. The fourth-order valence-electron chi connectivity index (χ4n) is 2.07. The van der Waals surface area contributed by atoms with Crippen molar-refractivity contribution in [2.45, 2.75) is 37.6 Å². The van der Waals surface area contributed by atoms with Gasteiger partial charge in [0.05, 0.1) is 4.90 Å². The van der Waals surface area contributed by atoms with Gasteiger partial charge in [-0.05, 0) is 44.9 Å². The lowest BCUT2D eigenvalue weighted by atomic mass is 10.1. The fraction of sp³-hybridized carbons (Fsp3) is 0.588. The Labute approximate surface area is 146 Å². The van der Waals surface area contributed by atoms with Gasteiger partial charge < -0.3 is 16.0 Å². The number of sulfone groups is 1. The summed E-state index contributed by atoms with van der Waals surface area (Å²) in [6.07, 6.45) is 2.01. The lowest BCUT2D eigenvalue weighted by Gasteiger charge is -2.21. The van der Waals surface area contributed by atoms with E-state index in [1.807, 2.05) is 12.1 Å². The molecule has 0 aromatic heterocycles. The average molecular weight is 355 g/mol. The van der Waals surface area contributed by atoms with Crippen molar-refractivity contribution in [1.82, 2.24) is 16.0 Å². The Morgan fingerprint density at radius 1 is 1.04 bits per heavy atom. The van der Waals surface area contributed by atoms with Crippen LogP contribution in [0.3, 0.4) is 0 Å². The standard InChI is InChI=1S/C17H30N4O2S/c1-17(2,3)21-13-12-20-16(18-4)19-11-10-14-6-8-15(9-7-14)24(5,22)23/h6-9,21H,10-13H2,1-5H3,(H2,18,19,20). The Morgan fingerprint density at radius 2 is 1.62 bits per heavy atom. The number of benzene rings is 1. The zero-order chi connectivity index (χ0) is 18.2. The summed E-state index contributed by atoms with van der Waals surface area (Å²) in [6, 6.07) is 6.99. The summed E-state index contributed by atoms with van der Waals surface area (Å²) in [5, 5.41) is 9.91. The van der Waals surface area contributed by atoms with Crippen LogP contribution in [0.1, 0.15) is 26.3 Å². The third-order valence-electron chi connectivity index (χ3n) is 3.35. The van der Waals surface area contributed by atoms with E-state index in [1.165, 1.54) is 6.26 Å². The highest BCUT2D eigenvalue weighted by molar-refractivity contribution is 7.90. The Balaban J connectivity index is 2.34. The van der Waals surface area contributed by atoms with Crippen LogP contribution in [-0.2, 0) is 16.3 Å². The molecule has 0 saturated carbocycles. The number of hydrogen-bond donors (Lipinski definition) is 3. The predicted molar refractivity (Wildman–Crippen MR) is 100 cm³/mol. The normalized spacial score (nSPS) is 13.0. The second kappa shape index (κ2) is 9.03. The van der Waals surface area contributed by atoms with E-state index in [9.17, 15) is 8.42 Å². The minimum atomic E-state index is -3.13. The fourth-order valence-corrected chi connectivity index (χ4v) is 2.70. The van der Waals surface area contributed by atoms with Gasteiger partial charge in [-0.25, -0.2) is 8.42 Å². The molecule has 0 bridgehead atoms. The van der Waals surface area contributed by atoms with E-state index >= 15 is 0 Å². The van der Waals surface area contributed by atoms with Crippen LogP contribution in [-0.4, -0.2) is 52.9 Å². The molecule has 7 heteroatoms. The predicted octanol–water partition coefficient (Wildman–Crippen LogP) is 1.19. The lowest BCUT2D eigenvalue weighted by Crippen LogP contribution is -2.44. The van der Waals surface area contributed by atoms with Crippen molar-refractivity contribution in [3.8, 4) is 0 Å². The molecular formula is C17H30N4O2S. The molecule has 0 heterocycles. The van der Waals surface area contributed by atoms with E-state index in [0.717, 1.165) is 37.6 Å². The smallest absolute Gasteiger partial charge is 0.191 e. The van der Waals surface area contributed by atoms with E-state index in [-0.39, 0.29) is 5.54 Å². The van der Waals surface area contributed by atoms with Crippen LogP contribution in [0.15, 0.2) is 34.2 Å². The van der Waals surface area contributed by atoms with Crippen LogP contribution < -0.4 is 16.0 Å². The van der Waals surface area contributed by atoms with Gasteiger partial charge in [0.25, 0.3) is 0 Å². The van der Waals surface area contributed by atoms with Gasteiger partial charge in [-0.2, -0.15) is 0 Å². The first-order valence-electron chi connectivity index (χ1n) is 8.10. The molecule has 0 fully saturated rings. The minimum absolute atomic E-state index is 0.108. The number of rotatable bonds is 7. The topological polar surface area (TPSA) is 82.6 Å². The van der Waals surface area contributed by atoms with Gasteiger partial charge in [0.1, 0.15) is 0 Å². The molecule has 6 nitrogen and oxygen atoms in total.